The Labute approximate surface area is 138 Å². The third kappa shape index (κ3) is 3.80. The molecule has 1 heterocycles. The monoisotopic (exact) mass is 343 g/mol. The Morgan fingerprint density at radius 3 is 2.46 bits per heavy atom. The van der Waals surface area contributed by atoms with E-state index in [2.05, 4.69) is 0 Å². The van der Waals surface area contributed by atoms with Crippen molar-refractivity contribution in [2.24, 2.45) is 11.7 Å². The summed E-state index contributed by atoms with van der Waals surface area (Å²) in [7, 11) is 3.54. The van der Waals surface area contributed by atoms with Crippen molar-refractivity contribution in [2.75, 3.05) is 25.5 Å². The quantitative estimate of drug-likeness (QED) is 0.913. The molecule has 1 fully saturated rings. The summed E-state index contributed by atoms with van der Waals surface area (Å²) in [6, 6.07) is 4.46. The molecule has 0 saturated carbocycles. The molecular weight excluding hydrogens is 323 g/mol. The van der Waals surface area contributed by atoms with Gasteiger partial charge in [0.25, 0.3) is 5.91 Å². The van der Waals surface area contributed by atoms with Crippen LogP contribution in [-0.2, 0) is 4.79 Å². The third-order valence-electron chi connectivity index (χ3n) is 4.23. The van der Waals surface area contributed by atoms with Gasteiger partial charge < -0.3 is 15.5 Å². The minimum atomic E-state index is -4.54. The second-order valence-electron chi connectivity index (χ2n) is 6.14. The van der Waals surface area contributed by atoms with Crippen LogP contribution in [0.1, 0.15) is 23.2 Å². The number of benzene rings is 1. The van der Waals surface area contributed by atoms with E-state index in [1.807, 2.05) is 0 Å². The molecule has 1 aromatic carbocycles. The molecule has 1 saturated heterocycles. The Hall–Kier alpha value is -2.25. The zero-order valence-electron chi connectivity index (χ0n) is 13.5. The number of piperidine rings is 1. The summed E-state index contributed by atoms with van der Waals surface area (Å²) in [4.78, 5) is 26.5. The van der Waals surface area contributed by atoms with Crippen LogP contribution in [0.2, 0.25) is 0 Å². The summed E-state index contributed by atoms with van der Waals surface area (Å²) in [5, 5.41) is 0. The topological polar surface area (TPSA) is 66.6 Å². The van der Waals surface area contributed by atoms with E-state index in [4.69, 9.17) is 5.73 Å². The van der Waals surface area contributed by atoms with Gasteiger partial charge >= 0.3 is 6.18 Å². The van der Waals surface area contributed by atoms with Crippen LogP contribution in [-0.4, -0.2) is 49.6 Å². The first-order chi connectivity index (χ1) is 11.1. The van der Waals surface area contributed by atoms with E-state index in [9.17, 15) is 22.8 Å². The molecule has 0 bridgehead atoms. The summed E-state index contributed by atoms with van der Waals surface area (Å²) >= 11 is 0. The molecule has 0 aliphatic carbocycles. The normalized spacial score (nSPS) is 21.5. The largest absolute Gasteiger partial charge is 0.408 e. The lowest BCUT2D eigenvalue weighted by Crippen LogP contribution is -2.55. The second kappa shape index (κ2) is 6.70. The van der Waals surface area contributed by atoms with Gasteiger partial charge in [-0.2, -0.15) is 13.2 Å². The number of nitrogens with two attached hydrogens (primary N) is 1. The van der Waals surface area contributed by atoms with Crippen LogP contribution >= 0.6 is 0 Å². The van der Waals surface area contributed by atoms with Gasteiger partial charge in [0.05, 0.1) is 5.92 Å². The Balaban J connectivity index is 2.34. The number of halogens is 3. The van der Waals surface area contributed by atoms with Crippen molar-refractivity contribution in [1.29, 1.82) is 0 Å². The molecule has 0 unspecified atom stereocenters. The molecule has 2 amide bonds. The van der Waals surface area contributed by atoms with Gasteiger partial charge in [0, 0.05) is 31.9 Å². The number of likely N-dealkylation sites (tertiary alicyclic amines) is 1. The van der Waals surface area contributed by atoms with Crippen LogP contribution in [0, 0.1) is 5.92 Å². The minimum absolute atomic E-state index is 0.0288. The first-order valence-corrected chi connectivity index (χ1v) is 7.55. The van der Waals surface area contributed by atoms with E-state index in [1.165, 1.54) is 12.1 Å². The van der Waals surface area contributed by atoms with E-state index in [1.54, 1.807) is 31.1 Å². The standard InChI is InChI=1S/C16H20F3N3O2/c1-21(2)12-5-3-4-10(8-12)15(24)22-9-11(14(20)23)6-7-13(22)16(17,18)19/h3-5,8,11,13H,6-7,9H2,1-2H3,(H2,20,23)/t11-,13+/m0/s1. The predicted octanol–water partition coefficient (Wildman–Crippen LogP) is 2.02. The van der Waals surface area contributed by atoms with Crippen LogP contribution in [0.25, 0.3) is 0 Å². The van der Waals surface area contributed by atoms with E-state index in [0.717, 1.165) is 4.90 Å². The molecule has 0 spiro atoms. The van der Waals surface area contributed by atoms with Gasteiger partial charge in [0.2, 0.25) is 5.91 Å². The van der Waals surface area contributed by atoms with Crippen LogP contribution in [0.4, 0.5) is 18.9 Å². The molecule has 1 aliphatic heterocycles. The SMILES string of the molecule is CN(C)c1cccc(C(=O)N2C[C@@H](C(N)=O)CC[C@@H]2C(F)(F)F)c1. The summed E-state index contributed by atoms with van der Waals surface area (Å²) in [5.74, 6) is -2.19. The van der Waals surface area contributed by atoms with Crippen molar-refractivity contribution in [1.82, 2.24) is 4.90 Å². The van der Waals surface area contributed by atoms with E-state index >= 15 is 0 Å². The molecule has 0 radical (unpaired) electrons. The Morgan fingerprint density at radius 2 is 1.92 bits per heavy atom. The van der Waals surface area contributed by atoms with E-state index in [0.29, 0.717) is 5.69 Å². The van der Waals surface area contributed by atoms with Crippen LogP contribution in [0.3, 0.4) is 0 Å². The first-order valence-electron chi connectivity index (χ1n) is 7.55. The van der Waals surface area contributed by atoms with Gasteiger partial charge in [0.1, 0.15) is 6.04 Å². The van der Waals surface area contributed by atoms with Crippen molar-refractivity contribution in [2.45, 2.75) is 25.1 Å². The van der Waals surface area contributed by atoms with Gasteiger partial charge in [-0.1, -0.05) is 6.07 Å². The van der Waals surface area contributed by atoms with E-state index in [-0.39, 0.29) is 24.9 Å². The zero-order chi connectivity index (χ0) is 18.1. The molecule has 5 nitrogen and oxygen atoms in total. The predicted molar refractivity (Wildman–Crippen MR) is 83.6 cm³/mol. The molecule has 8 heteroatoms. The number of primary amides is 1. The fraction of sp³-hybridized carbons (Fsp3) is 0.500. The summed E-state index contributed by atoms with van der Waals surface area (Å²) in [5.41, 5.74) is 6.08. The van der Waals surface area contributed by atoms with Crippen molar-refractivity contribution in [3.8, 4) is 0 Å². The highest BCUT2D eigenvalue weighted by Gasteiger charge is 2.48. The fourth-order valence-corrected chi connectivity index (χ4v) is 2.85. The average molecular weight is 343 g/mol. The second-order valence-corrected chi connectivity index (χ2v) is 6.14. The number of alkyl halides is 3. The first kappa shape index (κ1) is 18.1. The van der Waals surface area contributed by atoms with Crippen molar-refractivity contribution in [3.63, 3.8) is 0 Å². The van der Waals surface area contributed by atoms with Crippen molar-refractivity contribution in [3.05, 3.63) is 29.8 Å². The molecule has 132 valence electrons. The zero-order valence-corrected chi connectivity index (χ0v) is 13.5. The number of anilines is 1. The van der Waals surface area contributed by atoms with Crippen molar-refractivity contribution < 1.29 is 22.8 Å². The van der Waals surface area contributed by atoms with Crippen LogP contribution < -0.4 is 10.6 Å². The van der Waals surface area contributed by atoms with Crippen LogP contribution in [0.5, 0.6) is 0 Å². The summed E-state index contributed by atoms with van der Waals surface area (Å²) in [6.07, 6.45) is -4.84. The highest BCUT2D eigenvalue weighted by atomic mass is 19.4. The van der Waals surface area contributed by atoms with Gasteiger partial charge in [-0.25, -0.2) is 0 Å². The number of carbonyl (C=O) groups is 2. The highest BCUT2D eigenvalue weighted by molar-refractivity contribution is 5.96. The highest BCUT2D eigenvalue weighted by Crippen LogP contribution is 2.34. The maximum atomic E-state index is 13.3. The van der Waals surface area contributed by atoms with Crippen LogP contribution in [0.15, 0.2) is 24.3 Å². The molecular formula is C16H20F3N3O2. The van der Waals surface area contributed by atoms with Gasteiger partial charge in [-0.05, 0) is 31.0 Å². The molecule has 1 aliphatic rings. The smallest absolute Gasteiger partial charge is 0.378 e. The lowest BCUT2D eigenvalue weighted by atomic mass is 9.91. The Morgan fingerprint density at radius 1 is 1.25 bits per heavy atom. The third-order valence-corrected chi connectivity index (χ3v) is 4.23. The number of hydrogen-bond donors (Lipinski definition) is 1. The lowest BCUT2D eigenvalue weighted by Gasteiger charge is -2.39. The molecule has 1 aromatic rings. The summed E-state index contributed by atoms with van der Waals surface area (Å²) in [6.45, 7) is -0.315. The molecule has 24 heavy (non-hydrogen) atoms. The Bertz CT molecular complexity index is 631. The lowest BCUT2D eigenvalue weighted by molar-refractivity contribution is -0.187. The number of nitrogens with zero attached hydrogens (tertiary/aromatic N) is 2. The minimum Gasteiger partial charge on any atom is -0.378 e. The molecule has 0 aromatic heterocycles. The van der Waals surface area contributed by atoms with Crippen molar-refractivity contribution >= 4 is 17.5 Å². The molecule has 2 atom stereocenters. The summed E-state index contributed by atoms with van der Waals surface area (Å²) < 4.78 is 39.9. The Kier molecular flexibility index (Phi) is 5.05. The number of hydrogen-bond acceptors (Lipinski definition) is 3. The van der Waals surface area contributed by atoms with E-state index < -0.39 is 30.0 Å². The number of amides is 2. The number of carbonyl (C=O) groups excluding carboxylic acids is 2. The maximum absolute atomic E-state index is 13.3. The molecule has 2 N–H and O–H groups in total. The fourth-order valence-electron chi connectivity index (χ4n) is 2.85. The van der Waals surface area contributed by atoms with Gasteiger partial charge in [0.15, 0.2) is 0 Å². The molecule has 2 rings (SSSR count). The van der Waals surface area contributed by atoms with Gasteiger partial charge in [-0.15, -0.1) is 0 Å². The average Bonchev–Trinajstić information content (AvgIpc) is 2.52. The number of rotatable bonds is 3. The van der Waals surface area contributed by atoms with Gasteiger partial charge in [-0.3, -0.25) is 9.59 Å². The maximum Gasteiger partial charge on any atom is 0.408 e.